The van der Waals surface area contributed by atoms with E-state index in [9.17, 15) is 4.79 Å². The molecule has 0 bridgehead atoms. The SMILES string of the molecule is CCOC(=O)c1ccc(Nc2nc(C)cc(NCCC3=CCCCC3)n2)cc1. The maximum absolute atomic E-state index is 11.7. The van der Waals surface area contributed by atoms with Crippen LogP contribution in [0, 0.1) is 6.92 Å². The van der Waals surface area contributed by atoms with Crippen LogP contribution < -0.4 is 10.6 Å². The lowest BCUT2D eigenvalue weighted by Gasteiger charge is -2.14. The zero-order chi connectivity index (χ0) is 19.8. The van der Waals surface area contributed by atoms with Gasteiger partial charge in [-0.25, -0.2) is 9.78 Å². The highest BCUT2D eigenvalue weighted by molar-refractivity contribution is 5.89. The Morgan fingerprint density at radius 3 is 2.71 bits per heavy atom. The molecule has 0 radical (unpaired) electrons. The van der Waals surface area contributed by atoms with Crippen molar-refractivity contribution in [2.75, 3.05) is 23.8 Å². The second-order valence-electron chi connectivity index (χ2n) is 6.93. The molecule has 1 aliphatic rings. The van der Waals surface area contributed by atoms with Crippen LogP contribution in [0.1, 0.15) is 55.1 Å². The normalized spacial score (nSPS) is 13.6. The monoisotopic (exact) mass is 380 g/mol. The highest BCUT2D eigenvalue weighted by Gasteiger charge is 2.08. The minimum absolute atomic E-state index is 0.319. The first-order valence-electron chi connectivity index (χ1n) is 9.95. The molecule has 0 atom stereocenters. The van der Waals surface area contributed by atoms with Crippen LogP contribution >= 0.6 is 0 Å². The highest BCUT2D eigenvalue weighted by Crippen LogP contribution is 2.21. The number of esters is 1. The number of benzene rings is 1. The molecule has 0 spiro atoms. The molecule has 2 N–H and O–H groups in total. The predicted octanol–water partition coefficient (Wildman–Crippen LogP) is 5.01. The summed E-state index contributed by atoms with van der Waals surface area (Å²) < 4.78 is 5.00. The molecule has 1 heterocycles. The second kappa shape index (κ2) is 9.88. The number of carbonyl (C=O) groups is 1. The number of ether oxygens (including phenoxy) is 1. The third kappa shape index (κ3) is 5.81. The van der Waals surface area contributed by atoms with Crippen molar-refractivity contribution in [3.63, 3.8) is 0 Å². The molecular formula is C22H28N4O2. The molecule has 1 aromatic carbocycles. The standard InChI is InChI=1S/C22H28N4O2/c1-3-28-21(27)18-9-11-19(12-10-18)25-22-24-16(2)15-20(26-22)23-14-13-17-7-5-4-6-8-17/h7,9-12,15H,3-6,8,13-14H2,1-2H3,(H2,23,24,25,26). The van der Waals surface area contributed by atoms with Crippen LogP contribution in [-0.4, -0.2) is 29.1 Å². The summed E-state index contributed by atoms with van der Waals surface area (Å²) in [5.41, 5.74) is 3.78. The van der Waals surface area contributed by atoms with Crippen molar-refractivity contribution in [2.45, 2.75) is 46.0 Å². The number of hydrogen-bond acceptors (Lipinski definition) is 6. The Labute approximate surface area is 166 Å². The molecule has 28 heavy (non-hydrogen) atoms. The van der Waals surface area contributed by atoms with E-state index in [1.165, 1.54) is 25.7 Å². The van der Waals surface area contributed by atoms with Crippen molar-refractivity contribution in [1.82, 2.24) is 9.97 Å². The number of nitrogens with zero attached hydrogens (tertiary/aromatic N) is 2. The summed E-state index contributed by atoms with van der Waals surface area (Å²) in [4.78, 5) is 20.7. The van der Waals surface area contributed by atoms with Gasteiger partial charge < -0.3 is 15.4 Å². The molecule has 6 heteroatoms. The smallest absolute Gasteiger partial charge is 0.338 e. The maximum Gasteiger partial charge on any atom is 0.338 e. The van der Waals surface area contributed by atoms with Gasteiger partial charge in [0, 0.05) is 24.0 Å². The van der Waals surface area contributed by atoms with E-state index in [0.29, 0.717) is 18.1 Å². The molecule has 0 amide bonds. The number of rotatable bonds is 8. The summed E-state index contributed by atoms with van der Waals surface area (Å²) in [6.45, 7) is 4.98. The van der Waals surface area contributed by atoms with E-state index in [-0.39, 0.29) is 5.97 Å². The van der Waals surface area contributed by atoms with E-state index < -0.39 is 0 Å². The van der Waals surface area contributed by atoms with Gasteiger partial charge in [0.25, 0.3) is 0 Å². The minimum Gasteiger partial charge on any atom is -0.462 e. The number of hydrogen-bond donors (Lipinski definition) is 2. The number of aryl methyl sites for hydroxylation is 1. The van der Waals surface area contributed by atoms with Crippen LogP contribution in [0.3, 0.4) is 0 Å². The fourth-order valence-corrected chi connectivity index (χ4v) is 3.23. The van der Waals surface area contributed by atoms with Gasteiger partial charge in [0.2, 0.25) is 5.95 Å². The van der Waals surface area contributed by atoms with Gasteiger partial charge in [-0.3, -0.25) is 0 Å². The molecule has 0 fully saturated rings. The number of anilines is 3. The van der Waals surface area contributed by atoms with Crippen LogP contribution in [0.25, 0.3) is 0 Å². The zero-order valence-corrected chi connectivity index (χ0v) is 16.6. The van der Waals surface area contributed by atoms with Gasteiger partial charge in [-0.2, -0.15) is 4.98 Å². The molecule has 0 saturated carbocycles. The van der Waals surface area contributed by atoms with Crippen molar-refractivity contribution in [3.8, 4) is 0 Å². The summed E-state index contributed by atoms with van der Waals surface area (Å²) in [6.07, 6.45) is 8.49. The van der Waals surface area contributed by atoms with Crippen molar-refractivity contribution < 1.29 is 9.53 Å². The molecule has 0 aliphatic heterocycles. The number of allylic oxidation sites excluding steroid dienone is 1. The van der Waals surface area contributed by atoms with Crippen molar-refractivity contribution in [1.29, 1.82) is 0 Å². The molecular weight excluding hydrogens is 352 g/mol. The van der Waals surface area contributed by atoms with E-state index >= 15 is 0 Å². The number of nitrogens with one attached hydrogen (secondary N) is 2. The van der Waals surface area contributed by atoms with E-state index in [1.807, 2.05) is 25.1 Å². The molecule has 1 aromatic heterocycles. The lowest BCUT2D eigenvalue weighted by atomic mass is 9.97. The van der Waals surface area contributed by atoms with Crippen LogP contribution in [0.5, 0.6) is 0 Å². The summed E-state index contributed by atoms with van der Waals surface area (Å²) in [6, 6.07) is 9.05. The van der Waals surface area contributed by atoms with Crippen molar-refractivity contribution >= 4 is 23.4 Å². The van der Waals surface area contributed by atoms with Gasteiger partial charge in [-0.05, 0) is 70.2 Å². The Bertz CT molecular complexity index is 831. The topological polar surface area (TPSA) is 76.1 Å². The maximum atomic E-state index is 11.7. The molecule has 0 saturated heterocycles. The van der Waals surface area contributed by atoms with Crippen LogP contribution in [0.15, 0.2) is 42.0 Å². The molecule has 3 rings (SSSR count). The van der Waals surface area contributed by atoms with Gasteiger partial charge in [0.15, 0.2) is 0 Å². The average molecular weight is 380 g/mol. The first-order chi connectivity index (χ1) is 13.6. The molecule has 6 nitrogen and oxygen atoms in total. The Morgan fingerprint density at radius 1 is 1.18 bits per heavy atom. The van der Waals surface area contributed by atoms with Crippen LogP contribution in [-0.2, 0) is 4.74 Å². The largest absolute Gasteiger partial charge is 0.462 e. The lowest BCUT2D eigenvalue weighted by molar-refractivity contribution is 0.0526. The third-order valence-electron chi connectivity index (χ3n) is 4.64. The number of aromatic nitrogens is 2. The fourth-order valence-electron chi connectivity index (χ4n) is 3.23. The van der Waals surface area contributed by atoms with E-state index in [4.69, 9.17) is 4.74 Å². The summed E-state index contributed by atoms with van der Waals surface area (Å²) in [5.74, 6) is 1.03. The minimum atomic E-state index is -0.319. The van der Waals surface area contributed by atoms with E-state index in [0.717, 1.165) is 30.2 Å². The highest BCUT2D eigenvalue weighted by atomic mass is 16.5. The van der Waals surface area contributed by atoms with Gasteiger partial charge in [-0.15, -0.1) is 0 Å². The Morgan fingerprint density at radius 2 is 2.00 bits per heavy atom. The molecule has 2 aromatic rings. The lowest BCUT2D eigenvalue weighted by Crippen LogP contribution is -2.08. The average Bonchev–Trinajstić information content (AvgIpc) is 2.69. The first kappa shape index (κ1) is 19.9. The van der Waals surface area contributed by atoms with E-state index in [2.05, 4.69) is 26.7 Å². The predicted molar refractivity (Wildman–Crippen MR) is 112 cm³/mol. The summed E-state index contributed by atoms with van der Waals surface area (Å²) in [5, 5.41) is 6.60. The first-order valence-corrected chi connectivity index (χ1v) is 9.95. The second-order valence-corrected chi connectivity index (χ2v) is 6.93. The molecule has 148 valence electrons. The van der Waals surface area contributed by atoms with Gasteiger partial charge in [-0.1, -0.05) is 11.6 Å². The Kier molecular flexibility index (Phi) is 7.00. The fraction of sp³-hybridized carbons (Fsp3) is 0.409. The van der Waals surface area contributed by atoms with Gasteiger partial charge in [0.05, 0.1) is 12.2 Å². The van der Waals surface area contributed by atoms with Gasteiger partial charge in [0.1, 0.15) is 5.82 Å². The molecule has 0 unspecified atom stereocenters. The van der Waals surface area contributed by atoms with Gasteiger partial charge >= 0.3 is 5.97 Å². The van der Waals surface area contributed by atoms with E-state index in [1.54, 1.807) is 24.6 Å². The van der Waals surface area contributed by atoms with Crippen molar-refractivity contribution in [2.24, 2.45) is 0 Å². The summed E-state index contributed by atoms with van der Waals surface area (Å²) in [7, 11) is 0. The van der Waals surface area contributed by atoms with Crippen molar-refractivity contribution in [3.05, 3.63) is 53.2 Å². The third-order valence-corrected chi connectivity index (χ3v) is 4.64. The number of carbonyl (C=O) groups excluding carboxylic acids is 1. The Hall–Kier alpha value is -2.89. The van der Waals surface area contributed by atoms with Crippen LogP contribution in [0.4, 0.5) is 17.5 Å². The quantitative estimate of drug-likeness (QED) is 0.495. The molecule has 1 aliphatic carbocycles. The zero-order valence-electron chi connectivity index (χ0n) is 16.6. The van der Waals surface area contributed by atoms with Crippen LogP contribution in [0.2, 0.25) is 0 Å². The Balaban J connectivity index is 1.59. The summed E-state index contributed by atoms with van der Waals surface area (Å²) >= 11 is 0.